The predicted octanol–water partition coefficient (Wildman–Crippen LogP) is 11.0. The number of benzene rings is 7. The summed E-state index contributed by atoms with van der Waals surface area (Å²) in [6.07, 6.45) is 3.03. The Bertz CT molecular complexity index is 2650. The van der Waals surface area contributed by atoms with Crippen LogP contribution in [0.1, 0.15) is 37.5 Å². The van der Waals surface area contributed by atoms with Gasteiger partial charge in [-0.1, -0.05) is 99.6 Å². The van der Waals surface area contributed by atoms with Crippen molar-refractivity contribution in [2.24, 2.45) is 0 Å². The highest BCUT2D eigenvalue weighted by atomic mass is 16.3. The number of para-hydroxylation sites is 1. The van der Waals surface area contributed by atoms with Gasteiger partial charge in [0.25, 0.3) is 6.71 Å². The molecule has 0 radical (unpaired) electrons. The summed E-state index contributed by atoms with van der Waals surface area (Å²) in [7, 11) is 0. The minimum atomic E-state index is 0.132. The largest absolute Gasteiger partial charge is 0.456 e. The van der Waals surface area contributed by atoms with Crippen molar-refractivity contribution >= 4 is 79.2 Å². The monoisotopic (exact) mass is 670 g/mol. The van der Waals surface area contributed by atoms with E-state index in [2.05, 4.69) is 164 Å². The highest BCUT2D eigenvalue weighted by molar-refractivity contribution is 7.00. The second-order valence-corrected chi connectivity index (χ2v) is 14.2. The Balaban J connectivity index is 1.15. The van der Waals surface area contributed by atoms with E-state index in [0.717, 1.165) is 46.9 Å². The fourth-order valence-corrected chi connectivity index (χ4v) is 8.63. The first-order valence-corrected chi connectivity index (χ1v) is 18.7. The van der Waals surface area contributed by atoms with Gasteiger partial charge in [0.1, 0.15) is 11.2 Å². The molecule has 0 amide bonds. The molecule has 0 atom stereocenters. The van der Waals surface area contributed by atoms with Gasteiger partial charge in [-0.05, 0) is 130 Å². The predicted molar refractivity (Wildman–Crippen MR) is 221 cm³/mol. The van der Waals surface area contributed by atoms with Gasteiger partial charge in [-0.2, -0.15) is 0 Å². The summed E-state index contributed by atoms with van der Waals surface area (Å²) in [5.74, 6) is 0. The molecule has 0 saturated carbocycles. The van der Waals surface area contributed by atoms with Crippen molar-refractivity contribution in [2.45, 2.75) is 40.0 Å². The summed E-state index contributed by atoms with van der Waals surface area (Å²) in [6.45, 7) is 6.87. The summed E-state index contributed by atoms with van der Waals surface area (Å²) in [4.78, 5) is 4.99. The maximum atomic E-state index is 6.13. The molecular weight excluding hydrogens is 631 g/mol. The third kappa shape index (κ3) is 4.67. The first kappa shape index (κ1) is 30.8. The van der Waals surface area contributed by atoms with Gasteiger partial charge in [-0.3, -0.25) is 0 Å². The van der Waals surface area contributed by atoms with Crippen molar-refractivity contribution < 1.29 is 4.42 Å². The molecule has 1 aromatic heterocycles. The van der Waals surface area contributed by atoms with Crippen LogP contribution in [0.2, 0.25) is 0 Å². The normalized spacial score (nSPS) is 13.0. The van der Waals surface area contributed by atoms with Crippen LogP contribution in [0.15, 0.2) is 150 Å². The zero-order chi connectivity index (χ0) is 34.9. The smallest absolute Gasteiger partial charge is 0.252 e. The van der Waals surface area contributed by atoms with E-state index in [4.69, 9.17) is 4.42 Å². The molecule has 10 rings (SSSR count). The molecule has 2 aliphatic heterocycles. The third-order valence-corrected chi connectivity index (χ3v) is 11.4. The highest BCUT2D eigenvalue weighted by Gasteiger charge is 2.43. The maximum absolute atomic E-state index is 6.13. The van der Waals surface area contributed by atoms with Crippen molar-refractivity contribution in [3.8, 4) is 11.1 Å². The number of fused-ring (bicyclic) bond motifs is 7. The molecule has 0 bridgehead atoms. The fourth-order valence-electron chi connectivity index (χ4n) is 8.63. The number of nitrogens with zero attached hydrogens (tertiary/aromatic N) is 2. The molecule has 0 aliphatic carbocycles. The highest BCUT2D eigenvalue weighted by Crippen LogP contribution is 2.44. The van der Waals surface area contributed by atoms with Gasteiger partial charge in [-0.15, -0.1) is 0 Å². The van der Waals surface area contributed by atoms with Gasteiger partial charge in [0.15, 0.2) is 0 Å². The maximum Gasteiger partial charge on any atom is 0.252 e. The van der Waals surface area contributed by atoms with Crippen molar-refractivity contribution in [2.75, 3.05) is 9.80 Å². The number of aryl methyl sites for hydroxylation is 3. The van der Waals surface area contributed by atoms with Crippen LogP contribution in [0.4, 0.5) is 34.1 Å². The number of furan rings is 1. The molecule has 7 aromatic carbocycles. The van der Waals surface area contributed by atoms with Gasteiger partial charge in [-0.25, -0.2) is 0 Å². The summed E-state index contributed by atoms with van der Waals surface area (Å²) < 4.78 is 6.13. The quantitative estimate of drug-likeness (QED) is 0.164. The van der Waals surface area contributed by atoms with Crippen molar-refractivity contribution in [1.29, 1.82) is 0 Å². The van der Waals surface area contributed by atoms with E-state index in [9.17, 15) is 0 Å². The molecule has 0 unspecified atom stereocenters. The number of rotatable bonds is 6. The molecule has 3 heterocycles. The molecule has 250 valence electrons. The van der Waals surface area contributed by atoms with Crippen LogP contribution in [0.3, 0.4) is 0 Å². The Labute approximate surface area is 305 Å². The lowest BCUT2D eigenvalue weighted by molar-refractivity contribution is 0.669. The Morgan fingerprint density at radius 2 is 0.981 bits per heavy atom. The molecule has 0 N–H and O–H groups in total. The van der Waals surface area contributed by atoms with Crippen LogP contribution >= 0.6 is 0 Å². The zero-order valence-electron chi connectivity index (χ0n) is 29.9. The lowest BCUT2D eigenvalue weighted by Crippen LogP contribution is -2.61. The van der Waals surface area contributed by atoms with Crippen molar-refractivity contribution in [3.63, 3.8) is 0 Å². The van der Waals surface area contributed by atoms with Crippen molar-refractivity contribution in [3.05, 3.63) is 162 Å². The molecule has 8 aromatic rings. The molecule has 0 fully saturated rings. The molecule has 0 saturated heterocycles. The first-order chi connectivity index (χ1) is 25.6. The fraction of sp³-hybridized carbons (Fsp3) is 0.125. The lowest BCUT2D eigenvalue weighted by Gasteiger charge is -2.44. The van der Waals surface area contributed by atoms with Crippen LogP contribution in [-0.4, -0.2) is 6.71 Å². The van der Waals surface area contributed by atoms with E-state index < -0.39 is 0 Å². The first-order valence-electron chi connectivity index (χ1n) is 18.7. The van der Waals surface area contributed by atoms with Crippen LogP contribution in [-0.2, 0) is 19.3 Å². The lowest BCUT2D eigenvalue weighted by atomic mass is 9.33. The molecule has 0 spiro atoms. The van der Waals surface area contributed by atoms with Gasteiger partial charge in [0.2, 0.25) is 0 Å². The van der Waals surface area contributed by atoms with E-state index in [1.807, 2.05) is 12.1 Å². The molecule has 4 heteroatoms. The van der Waals surface area contributed by atoms with Crippen LogP contribution < -0.4 is 26.2 Å². The summed E-state index contributed by atoms with van der Waals surface area (Å²) >= 11 is 0. The van der Waals surface area contributed by atoms with E-state index in [1.54, 1.807) is 0 Å². The Kier molecular flexibility index (Phi) is 7.14. The standard InChI is InChI=1S/C48H39BN2O/c1-4-31-14-21-36(22-15-31)50-42-25-16-32(5-2)28-40(42)49-41-29-33(6-3)17-26-43(41)51(45-12-9-11-44(50)48(45)49)37-23-18-34(19-24-37)35-20-27-47-39(30-35)38-10-7-8-13-46(38)52-47/h7-30H,4-6H2,1-3H3. The van der Waals surface area contributed by atoms with E-state index in [-0.39, 0.29) is 6.71 Å². The topological polar surface area (TPSA) is 19.6 Å². The summed E-state index contributed by atoms with van der Waals surface area (Å²) in [5.41, 5.74) is 19.8. The number of hydrogen-bond donors (Lipinski definition) is 0. The van der Waals surface area contributed by atoms with Crippen LogP contribution in [0.25, 0.3) is 33.1 Å². The third-order valence-electron chi connectivity index (χ3n) is 11.4. The van der Waals surface area contributed by atoms with Crippen LogP contribution in [0.5, 0.6) is 0 Å². The van der Waals surface area contributed by atoms with Crippen LogP contribution in [0, 0.1) is 0 Å². The Hall–Kier alpha value is -6.00. The second-order valence-electron chi connectivity index (χ2n) is 14.2. The minimum Gasteiger partial charge on any atom is -0.456 e. The summed E-state index contributed by atoms with van der Waals surface area (Å²) in [5, 5.41) is 2.30. The minimum absolute atomic E-state index is 0.132. The van der Waals surface area contributed by atoms with E-state index in [1.165, 1.54) is 72.6 Å². The van der Waals surface area contributed by atoms with E-state index in [0.29, 0.717) is 0 Å². The molecule has 52 heavy (non-hydrogen) atoms. The SMILES string of the molecule is CCc1ccc(N2c3ccc(CC)cc3B3c4cc(CC)ccc4N(c4ccc(-c5ccc6oc7ccccc7c6c5)cc4)c4cccc2c43)cc1. The molecular formula is C48H39BN2O. The Morgan fingerprint density at radius 3 is 1.60 bits per heavy atom. The number of hydrogen-bond acceptors (Lipinski definition) is 3. The van der Waals surface area contributed by atoms with Gasteiger partial charge < -0.3 is 14.2 Å². The van der Waals surface area contributed by atoms with Gasteiger partial charge in [0.05, 0.1) is 0 Å². The second kappa shape index (κ2) is 12.1. The van der Waals surface area contributed by atoms with Gasteiger partial charge >= 0.3 is 0 Å². The van der Waals surface area contributed by atoms with Gasteiger partial charge in [0, 0.05) is 44.9 Å². The molecule has 2 aliphatic rings. The van der Waals surface area contributed by atoms with E-state index >= 15 is 0 Å². The average Bonchev–Trinajstić information content (AvgIpc) is 3.58. The average molecular weight is 671 g/mol. The molecule has 3 nitrogen and oxygen atoms in total. The zero-order valence-corrected chi connectivity index (χ0v) is 29.9. The summed E-state index contributed by atoms with van der Waals surface area (Å²) in [6, 6.07) is 54.2. The number of anilines is 6. The Morgan fingerprint density at radius 1 is 0.442 bits per heavy atom. The van der Waals surface area contributed by atoms with Crippen molar-refractivity contribution in [1.82, 2.24) is 0 Å².